The average molecular weight is 397 g/mol. The fourth-order valence-corrected chi connectivity index (χ4v) is 3.29. The summed E-state index contributed by atoms with van der Waals surface area (Å²) < 4.78 is 11.9. The summed E-state index contributed by atoms with van der Waals surface area (Å²) >= 11 is 0. The Morgan fingerprint density at radius 2 is 1.62 bits per heavy atom. The summed E-state index contributed by atoms with van der Waals surface area (Å²) in [6, 6.07) is 6.92. The lowest BCUT2D eigenvalue weighted by molar-refractivity contribution is 0.00578. The molecule has 29 heavy (non-hydrogen) atoms. The highest BCUT2D eigenvalue weighted by Gasteiger charge is 2.52. The number of fused-ring (bicyclic) bond motifs is 1. The van der Waals surface area contributed by atoms with Gasteiger partial charge in [0.1, 0.15) is 0 Å². The molecule has 0 bridgehead atoms. The first-order valence-corrected chi connectivity index (χ1v) is 9.93. The zero-order valence-corrected chi connectivity index (χ0v) is 17.5. The van der Waals surface area contributed by atoms with E-state index in [2.05, 4.69) is 5.32 Å². The molecule has 2 amide bonds. The first kappa shape index (κ1) is 21.3. The van der Waals surface area contributed by atoms with E-state index in [1.54, 1.807) is 30.5 Å². The number of benzene rings is 1. The number of unbranched alkanes of at least 4 members (excludes halogenated alkanes) is 1. The van der Waals surface area contributed by atoms with Crippen molar-refractivity contribution < 1.29 is 18.9 Å². The van der Waals surface area contributed by atoms with Crippen LogP contribution in [0.15, 0.2) is 35.9 Å². The first-order valence-electron chi connectivity index (χ1n) is 9.93. The molecule has 154 valence electrons. The Hall–Kier alpha value is -2.45. The average Bonchev–Trinajstić information content (AvgIpc) is 3.04. The van der Waals surface area contributed by atoms with Crippen LogP contribution in [0.3, 0.4) is 0 Å². The van der Waals surface area contributed by atoms with E-state index in [1.165, 1.54) is 11.1 Å². The van der Waals surface area contributed by atoms with Crippen LogP contribution in [0.2, 0.25) is 0 Å². The fourth-order valence-electron chi connectivity index (χ4n) is 3.29. The summed E-state index contributed by atoms with van der Waals surface area (Å²) in [5.74, 6) is -0.435. The SMILES string of the molecule is CC1(C)OB(/C(C=N)=C/NCCCCN2C(=O)c3ccccc3C2=O)OC1(C)C. The predicted molar refractivity (Wildman–Crippen MR) is 112 cm³/mol. The minimum Gasteiger partial charge on any atom is -0.399 e. The Bertz CT molecular complexity index is 799. The lowest BCUT2D eigenvalue weighted by Crippen LogP contribution is -2.41. The molecule has 0 saturated carbocycles. The highest BCUT2D eigenvalue weighted by molar-refractivity contribution is 6.60. The standard InChI is InChI=1S/C21H28BN3O4/c1-20(2)21(3,4)29-22(28-20)15(13-23)14-24-11-7-8-12-25-18(26)16-9-5-6-10-17(16)19(25)27/h5-6,9-10,13-14,23-24H,7-8,11-12H2,1-4H3/b15-14+,23-13?. The third-order valence-electron chi connectivity index (χ3n) is 5.79. The number of imide groups is 1. The van der Waals surface area contributed by atoms with Gasteiger partial charge in [-0.1, -0.05) is 12.1 Å². The van der Waals surface area contributed by atoms with Crippen LogP contribution >= 0.6 is 0 Å². The summed E-state index contributed by atoms with van der Waals surface area (Å²) in [6.07, 6.45) is 4.44. The molecule has 3 rings (SSSR count). The van der Waals surface area contributed by atoms with E-state index < -0.39 is 18.3 Å². The summed E-state index contributed by atoms with van der Waals surface area (Å²) in [4.78, 5) is 26.0. The Balaban J connectivity index is 1.45. The van der Waals surface area contributed by atoms with E-state index in [-0.39, 0.29) is 11.8 Å². The van der Waals surface area contributed by atoms with Crippen LogP contribution in [0.25, 0.3) is 0 Å². The normalized spacial score (nSPS) is 20.2. The van der Waals surface area contributed by atoms with Crippen molar-refractivity contribution in [3.8, 4) is 0 Å². The highest BCUT2D eigenvalue weighted by atomic mass is 16.7. The molecule has 0 aromatic heterocycles. The zero-order chi connectivity index (χ0) is 21.2. The Labute approximate surface area is 172 Å². The molecule has 7 nitrogen and oxygen atoms in total. The first-order chi connectivity index (χ1) is 13.7. The minimum absolute atomic E-state index is 0.217. The van der Waals surface area contributed by atoms with Crippen LogP contribution in [0, 0.1) is 5.41 Å². The van der Waals surface area contributed by atoms with Gasteiger partial charge < -0.3 is 20.0 Å². The molecular weight excluding hydrogens is 369 g/mol. The third kappa shape index (κ3) is 4.14. The number of hydrogen-bond donors (Lipinski definition) is 2. The van der Waals surface area contributed by atoms with Crippen LogP contribution in [0.4, 0.5) is 0 Å². The predicted octanol–water partition coefficient (Wildman–Crippen LogP) is 2.82. The summed E-state index contributed by atoms with van der Waals surface area (Å²) in [7, 11) is -0.580. The van der Waals surface area contributed by atoms with Crippen molar-refractivity contribution in [2.24, 2.45) is 0 Å². The van der Waals surface area contributed by atoms with Crippen LogP contribution in [-0.4, -0.2) is 54.3 Å². The topological polar surface area (TPSA) is 91.7 Å². The zero-order valence-electron chi connectivity index (χ0n) is 17.5. The summed E-state index contributed by atoms with van der Waals surface area (Å²) in [6.45, 7) is 8.94. The van der Waals surface area contributed by atoms with Gasteiger partial charge in [0.15, 0.2) is 0 Å². The largest absolute Gasteiger partial charge is 0.497 e. The van der Waals surface area contributed by atoms with Gasteiger partial charge in [0.25, 0.3) is 11.8 Å². The van der Waals surface area contributed by atoms with Gasteiger partial charge in [-0.25, -0.2) is 0 Å². The molecule has 0 radical (unpaired) electrons. The van der Waals surface area contributed by atoms with Crippen LogP contribution in [-0.2, 0) is 9.31 Å². The van der Waals surface area contributed by atoms with Gasteiger partial charge in [-0.15, -0.1) is 0 Å². The molecule has 1 aromatic rings. The second-order valence-electron chi connectivity index (χ2n) is 8.35. The molecule has 8 heteroatoms. The van der Waals surface area contributed by atoms with Gasteiger partial charge in [0.2, 0.25) is 0 Å². The Morgan fingerprint density at radius 3 is 2.14 bits per heavy atom. The van der Waals surface area contributed by atoms with Crippen LogP contribution in [0.1, 0.15) is 61.3 Å². The molecule has 1 saturated heterocycles. The number of hydrogen-bond acceptors (Lipinski definition) is 6. The van der Waals surface area contributed by atoms with Crippen molar-refractivity contribution in [3.63, 3.8) is 0 Å². The van der Waals surface area contributed by atoms with Crippen molar-refractivity contribution in [2.45, 2.75) is 51.7 Å². The molecule has 2 aliphatic heterocycles. The summed E-state index contributed by atoms with van der Waals surface area (Å²) in [5, 5.41) is 10.8. The number of allylic oxidation sites excluding steroid dienone is 1. The van der Waals surface area contributed by atoms with E-state index in [0.717, 1.165) is 6.42 Å². The van der Waals surface area contributed by atoms with E-state index in [0.29, 0.717) is 36.1 Å². The van der Waals surface area contributed by atoms with Crippen LogP contribution in [0.5, 0.6) is 0 Å². The lowest BCUT2D eigenvalue weighted by Gasteiger charge is -2.32. The van der Waals surface area contributed by atoms with Gasteiger partial charge in [-0.2, -0.15) is 0 Å². The lowest BCUT2D eigenvalue weighted by atomic mass is 9.79. The molecule has 1 fully saturated rings. The number of carbonyl (C=O) groups is 2. The molecular formula is C21H28BN3O4. The van der Waals surface area contributed by atoms with Gasteiger partial charge in [0, 0.05) is 24.8 Å². The molecule has 2 heterocycles. The maximum atomic E-state index is 12.3. The number of nitrogens with one attached hydrogen (secondary N) is 2. The maximum Gasteiger partial charge on any atom is 0.497 e. The second kappa shape index (κ2) is 8.12. The molecule has 0 unspecified atom stereocenters. The Morgan fingerprint density at radius 1 is 1.07 bits per heavy atom. The third-order valence-corrected chi connectivity index (χ3v) is 5.79. The number of carbonyl (C=O) groups excluding carboxylic acids is 2. The van der Waals surface area contributed by atoms with E-state index in [9.17, 15) is 9.59 Å². The molecule has 0 atom stereocenters. The van der Waals surface area contributed by atoms with Crippen LogP contribution < -0.4 is 5.32 Å². The smallest absolute Gasteiger partial charge is 0.399 e. The van der Waals surface area contributed by atoms with Crippen molar-refractivity contribution >= 4 is 25.1 Å². The van der Waals surface area contributed by atoms with Gasteiger partial charge in [0.05, 0.1) is 22.3 Å². The van der Waals surface area contributed by atoms with Gasteiger partial charge >= 0.3 is 7.12 Å². The van der Waals surface area contributed by atoms with E-state index in [1.807, 2.05) is 27.7 Å². The van der Waals surface area contributed by atoms with Crippen molar-refractivity contribution in [1.29, 1.82) is 5.41 Å². The molecule has 0 aliphatic carbocycles. The monoisotopic (exact) mass is 397 g/mol. The summed E-state index contributed by atoms with van der Waals surface area (Å²) in [5.41, 5.74) is 0.676. The fraction of sp³-hybridized carbons (Fsp3) is 0.476. The van der Waals surface area contributed by atoms with Gasteiger partial charge in [-0.05, 0) is 58.9 Å². The number of amides is 2. The van der Waals surface area contributed by atoms with Gasteiger partial charge in [-0.3, -0.25) is 14.5 Å². The Kier molecular flexibility index (Phi) is 5.96. The molecule has 0 spiro atoms. The molecule has 2 N–H and O–H groups in total. The van der Waals surface area contributed by atoms with Crippen molar-refractivity contribution in [1.82, 2.24) is 10.2 Å². The number of rotatable bonds is 8. The maximum absolute atomic E-state index is 12.3. The van der Waals surface area contributed by atoms with Crippen molar-refractivity contribution in [2.75, 3.05) is 13.1 Å². The molecule has 1 aromatic carbocycles. The minimum atomic E-state index is -0.580. The highest BCUT2D eigenvalue weighted by Crippen LogP contribution is 2.38. The number of nitrogens with zero attached hydrogens (tertiary/aromatic N) is 1. The second-order valence-corrected chi connectivity index (χ2v) is 8.35. The van der Waals surface area contributed by atoms with E-state index in [4.69, 9.17) is 14.7 Å². The van der Waals surface area contributed by atoms with Crippen molar-refractivity contribution in [3.05, 3.63) is 47.1 Å². The quantitative estimate of drug-likeness (QED) is 0.305. The van der Waals surface area contributed by atoms with E-state index >= 15 is 0 Å². The molecule has 2 aliphatic rings.